The topological polar surface area (TPSA) is 97.3 Å². The molecular weight excluding hydrogens is 395 g/mol. The fourth-order valence-electron chi connectivity index (χ4n) is 3.14. The van der Waals surface area contributed by atoms with Gasteiger partial charge in [-0.1, -0.05) is 12.1 Å². The van der Waals surface area contributed by atoms with E-state index >= 15 is 0 Å². The van der Waals surface area contributed by atoms with Crippen LogP contribution in [0, 0.1) is 0 Å². The molecule has 0 radical (unpaired) electrons. The molecule has 1 aromatic heterocycles. The van der Waals surface area contributed by atoms with Crippen molar-refractivity contribution in [2.24, 2.45) is 11.5 Å². The van der Waals surface area contributed by atoms with Gasteiger partial charge in [-0.3, -0.25) is 14.7 Å². The lowest BCUT2D eigenvalue weighted by Gasteiger charge is -2.15. The quantitative estimate of drug-likeness (QED) is 0.628. The summed E-state index contributed by atoms with van der Waals surface area (Å²) in [7, 11) is 0. The normalized spacial score (nSPS) is 14.8. The number of benzene rings is 1. The van der Waals surface area contributed by atoms with Gasteiger partial charge in [0.1, 0.15) is 0 Å². The van der Waals surface area contributed by atoms with Crippen molar-refractivity contribution in [1.82, 2.24) is 15.2 Å². The SMILES string of the molecule is N/C=C\C=C(/N)CNC(=O)c1cnc2c(c1)CN(Cc1ccc(C(F)(F)F)cc1)C2. The minimum absolute atomic E-state index is 0.181. The number of hydrogen-bond donors (Lipinski definition) is 3. The van der Waals surface area contributed by atoms with Gasteiger partial charge in [-0.05, 0) is 47.7 Å². The van der Waals surface area contributed by atoms with Gasteiger partial charge in [0, 0.05) is 31.5 Å². The Bertz CT molecular complexity index is 968. The number of carbonyl (C=O) groups excluding carboxylic acids is 1. The van der Waals surface area contributed by atoms with E-state index in [2.05, 4.69) is 15.2 Å². The highest BCUT2D eigenvalue weighted by Crippen LogP contribution is 2.30. The zero-order valence-corrected chi connectivity index (χ0v) is 16.1. The van der Waals surface area contributed by atoms with E-state index in [-0.39, 0.29) is 12.5 Å². The number of alkyl halides is 3. The summed E-state index contributed by atoms with van der Waals surface area (Å²) in [5, 5.41) is 2.71. The Morgan fingerprint density at radius 1 is 1.23 bits per heavy atom. The van der Waals surface area contributed by atoms with Crippen LogP contribution in [-0.4, -0.2) is 22.3 Å². The van der Waals surface area contributed by atoms with E-state index in [1.54, 1.807) is 18.2 Å². The van der Waals surface area contributed by atoms with Crippen molar-refractivity contribution >= 4 is 5.91 Å². The molecule has 0 bridgehead atoms. The maximum absolute atomic E-state index is 12.7. The molecule has 5 N–H and O–H groups in total. The summed E-state index contributed by atoms with van der Waals surface area (Å²) in [6.45, 7) is 1.81. The standard InChI is InChI=1S/C21H22F3N5O/c22-21(23,24)17-5-3-14(4-6-17)11-29-12-16-8-15(9-27-19(16)13-29)20(30)28-10-18(26)2-1-7-25/h1-9H,10-13,25-26H2,(H,28,30)/b7-1-,18-2-. The molecule has 0 aliphatic carbocycles. The minimum atomic E-state index is -4.34. The molecule has 1 aliphatic heterocycles. The number of aromatic nitrogens is 1. The Hall–Kier alpha value is -3.33. The van der Waals surface area contributed by atoms with Crippen LogP contribution >= 0.6 is 0 Å². The third-order valence-corrected chi connectivity index (χ3v) is 4.65. The molecule has 30 heavy (non-hydrogen) atoms. The van der Waals surface area contributed by atoms with Gasteiger partial charge in [0.25, 0.3) is 5.91 Å². The molecule has 6 nitrogen and oxygen atoms in total. The van der Waals surface area contributed by atoms with Crippen molar-refractivity contribution in [2.75, 3.05) is 6.54 Å². The molecule has 0 fully saturated rings. The molecule has 2 aromatic rings. The van der Waals surface area contributed by atoms with Crippen molar-refractivity contribution in [3.63, 3.8) is 0 Å². The van der Waals surface area contributed by atoms with Crippen molar-refractivity contribution < 1.29 is 18.0 Å². The molecule has 9 heteroatoms. The molecule has 0 spiro atoms. The zero-order valence-electron chi connectivity index (χ0n) is 16.1. The fourth-order valence-corrected chi connectivity index (χ4v) is 3.14. The number of pyridine rings is 1. The molecule has 1 aliphatic rings. The van der Waals surface area contributed by atoms with Crippen LogP contribution in [0.25, 0.3) is 0 Å². The average Bonchev–Trinajstić information content (AvgIpc) is 3.11. The lowest BCUT2D eigenvalue weighted by Crippen LogP contribution is -2.28. The molecule has 1 amide bonds. The summed E-state index contributed by atoms with van der Waals surface area (Å²) in [4.78, 5) is 18.8. The number of nitrogens with zero attached hydrogens (tertiary/aromatic N) is 2. The average molecular weight is 417 g/mol. The predicted molar refractivity (Wildman–Crippen MR) is 107 cm³/mol. The molecule has 0 saturated carbocycles. The Kier molecular flexibility index (Phi) is 6.41. The van der Waals surface area contributed by atoms with Gasteiger partial charge in [-0.2, -0.15) is 13.2 Å². The van der Waals surface area contributed by atoms with Crippen LogP contribution < -0.4 is 16.8 Å². The zero-order chi connectivity index (χ0) is 21.7. The summed E-state index contributed by atoms with van der Waals surface area (Å²) in [6.07, 6.45) is 1.68. The first-order chi connectivity index (χ1) is 14.3. The monoisotopic (exact) mass is 417 g/mol. The fraction of sp³-hybridized carbons (Fsp3) is 0.238. The molecule has 3 rings (SSSR count). The number of carbonyl (C=O) groups is 1. The summed E-state index contributed by atoms with van der Waals surface area (Å²) in [5.74, 6) is -0.292. The third kappa shape index (κ3) is 5.38. The molecule has 158 valence electrons. The molecule has 0 unspecified atom stereocenters. The summed E-state index contributed by atoms with van der Waals surface area (Å²) >= 11 is 0. The summed E-state index contributed by atoms with van der Waals surface area (Å²) < 4.78 is 38.1. The molecular formula is C21H22F3N5O. The van der Waals surface area contributed by atoms with Crippen molar-refractivity contribution in [2.45, 2.75) is 25.8 Å². The molecule has 0 atom stereocenters. The third-order valence-electron chi connectivity index (χ3n) is 4.65. The molecule has 2 heterocycles. The van der Waals surface area contributed by atoms with Crippen LogP contribution in [0.1, 0.15) is 32.7 Å². The highest BCUT2D eigenvalue weighted by Gasteiger charge is 2.30. The van der Waals surface area contributed by atoms with Gasteiger partial charge >= 0.3 is 6.18 Å². The van der Waals surface area contributed by atoms with Crippen LogP contribution in [0.2, 0.25) is 0 Å². The van der Waals surface area contributed by atoms with E-state index in [1.807, 2.05) is 0 Å². The first-order valence-electron chi connectivity index (χ1n) is 9.23. The lowest BCUT2D eigenvalue weighted by atomic mass is 10.1. The van der Waals surface area contributed by atoms with E-state index in [4.69, 9.17) is 11.5 Å². The van der Waals surface area contributed by atoms with Gasteiger partial charge in [-0.15, -0.1) is 0 Å². The first-order valence-corrected chi connectivity index (χ1v) is 9.23. The van der Waals surface area contributed by atoms with Gasteiger partial charge in [0.2, 0.25) is 0 Å². The number of halogens is 3. The van der Waals surface area contributed by atoms with Crippen LogP contribution in [-0.2, 0) is 25.8 Å². The Morgan fingerprint density at radius 2 is 1.97 bits per heavy atom. The smallest absolute Gasteiger partial charge is 0.405 e. The van der Waals surface area contributed by atoms with Gasteiger partial charge < -0.3 is 16.8 Å². The van der Waals surface area contributed by atoms with Gasteiger partial charge in [-0.25, -0.2) is 0 Å². The largest absolute Gasteiger partial charge is 0.416 e. The predicted octanol–water partition coefficient (Wildman–Crippen LogP) is 2.66. The minimum Gasteiger partial charge on any atom is -0.405 e. The number of nitrogens with two attached hydrogens (primary N) is 2. The van der Waals surface area contributed by atoms with Crippen molar-refractivity contribution in [1.29, 1.82) is 0 Å². The maximum atomic E-state index is 12.7. The Balaban J connectivity index is 1.59. The molecule has 1 aromatic carbocycles. The van der Waals surface area contributed by atoms with Gasteiger partial charge in [0.15, 0.2) is 0 Å². The number of amides is 1. The Labute approximate surface area is 172 Å². The van der Waals surface area contributed by atoms with E-state index < -0.39 is 11.7 Å². The van der Waals surface area contributed by atoms with Gasteiger partial charge in [0.05, 0.1) is 23.4 Å². The van der Waals surface area contributed by atoms with E-state index in [0.29, 0.717) is 30.9 Å². The lowest BCUT2D eigenvalue weighted by molar-refractivity contribution is -0.137. The van der Waals surface area contributed by atoms with Crippen LogP contribution in [0.4, 0.5) is 13.2 Å². The second kappa shape index (κ2) is 9.00. The second-order valence-electron chi connectivity index (χ2n) is 6.98. The van der Waals surface area contributed by atoms with Crippen LogP contribution in [0.5, 0.6) is 0 Å². The Morgan fingerprint density at radius 3 is 2.63 bits per heavy atom. The number of hydrogen-bond acceptors (Lipinski definition) is 5. The van der Waals surface area contributed by atoms with Crippen molar-refractivity contribution in [3.05, 3.63) is 88.5 Å². The highest BCUT2D eigenvalue weighted by atomic mass is 19.4. The van der Waals surface area contributed by atoms with Crippen molar-refractivity contribution in [3.8, 4) is 0 Å². The maximum Gasteiger partial charge on any atom is 0.416 e. The first kappa shape index (κ1) is 21.4. The second-order valence-corrected chi connectivity index (χ2v) is 6.98. The number of fused-ring (bicyclic) bond motifs is 1. The van der Waals surface area contributed by atoms with E-state index in [9.17, 15) is 18.0 Å². The number of rotatable bonds is 6. The highest BCUT2D eigenvalue weighted by molar-refractivity contribution is 5.94. The summed E-state index contributed by atoms with van der Waals surface area (Å²) in [5.41, 5.74) is 13.8. The summed E-state index contributed by atoms with van der Waals surface area (Å²) in [6, 6.07) is 6.92. The van der Waals surface area contributed by atoms with E-state index in [1.165, 1.54) is 24.5 Å². The van der Waals surface area contributed by atoms with Crippen LogP contribution in [0.3, 0.4) is 0 Å². The molecule has 0 saturated heterocycles. The number of allylic oxidation sites excluding steroid dienone is 2. The van der Waals surface area contributed by atoms with Crippen LogP contribution in [0.15, 0.2) is 60.6 Å². The number of nitrogens with one attached hydrogen (secondary N) is 1. The van der Waals surface area contributed by atoms with E-state index in [0.717, 1.165) is 29.0 Å².